The van der Waals surface area contributed by atoms with E-state index in [0.29, 0.717) is 43.3 Å². The average Bonchev–Trinajstić information content (AvgIpc) is 3.13. The lowest BCUT2D eigenvalue weighted by atomic mass is 10.1. The standard InChI is InChI=1S/C19H23N3O4/c23-17(22-12-6-9-16(22)19(25)26)10-2-1-5-11-21-13-20-15-8-4-3-7-14(15)18(21)24/h3-4,7-8,13,16H,1-2,5-6,9-12H2,(H,25,26). The summed E-state index contributed by atoms with van der Waals surface area (Å²) in [7, 11) is 0. The van der Waals surface area contributed by atoms with Gasteiger partial charge < -0.3 is 10.0 Å². The number of fused-ring (bicyclic) bond motifs is 1. The van der Waals surface area contributed by atoms with Gasteiger partial charge in [-0.2, -0.15) is 0 Å². The van der Waals surface area contributed by atoms with Crippen LogP contribution in [-0.4, -0.2) is 44.0 Å². The van der Waals surface area contributed by atoms with Gasteiger partial charge in [0.25, 0.3) is 5.56 Å². The summed E-state index contributed by atoms with van der Waals surface area (Å²) in [6.45, 7) is 1.10. The second-order valence-electron chi connectivity index (χ2n) is 6.65. The zero-order valence-electron chi connectivity index (χ0n) is 14.6. The highest BCUT2D eigenvalue weighted by molar-refractivity contribution is 5.84. The number of carboxylic acid groups (broad SMARTS) is 1. The third-order valence-corrected chi connectivity index (χ3v) is 4.88. The molecule has 0 saturated carbocycles. The van der Waals surface area contributed by atoms with Crippen molar-refractivity contribution in [3.05, 3.63) is 40.9 Å². The molecule has 0 aliphatic carbocycles. The molecule has 1 aromatic carbocycles. The van der Waals surface area contributed by atoms with Gasteiger partial charge in [-0.05, 0) is 37.8 Å². The van der Waals surface area contributed by atoms with Crippen LogP contribution in [0.5, 0.6) is 0 Å². The van der Waals surface area contributed by atoms with Crippen molar-refractivity contribution in [3.8, 4) is 0 Å². The Bertz CT molecular complexity index is 861. The first kappa shape index (κ1) is 18.1. The maximum Gasteiger partial charge on any atom is 0.326 e. The minimum atomic E-state index is -0.918. The highest BCUT2D eigenvalue weighted by Gasteiger charge is 2.33. The first-order valence-electron chi connectivity index (χ1n) is 9.04. The lowest BCUT2D eigenvalue weighted by molar-refractivity contribution is -0.148. The zero-order valence-corrected chi connectivity index (χ0v) is 14.6. The van der Waals surface area contributed by atoms with E-state index in [4.69, 9.17) is 5.11 Å². The van der Waals surface area contributed by atoms with E-state index in [0.717, 1.165) is 19.3 Å². The van der Waals surface area contributed by atoms with Crippen molar-refractivity contribution in [1.29, 1.82) is 0 Å². The summed E-state index contributed by atoms with van der Waals surface area (Å²) >= 11 is 0. The first-order chi connectivity index (χ1) is 12.6. The lowest BCUT2D eigenvalue weighted by Gasteiger charge is -2.21. The summed E-state index contributed by atoms with van der Waals surface area (Å²) in [6.07, 6.45) is 5.48. The summed E-state index contributed by atoms with van der Waals surface area (Å²) in [5.41, 5.74) is 0.644. The van der Waals surface area contributed by atoms with Crippen molar-refractivity contribution >= 4 is 22.8 Å². The van der Waals surface area contributed by atoms with Crippen LogP contribution in [0.1, 0.15) is 38.5 Å². The molecule has 1 N–H and O–H groups in total. The molecule has 2 aromatic rings. The summed E-state index contributed by atoms with van der Waals surface area (Å²) in [4.78, 5) is 41.5. The quantitative estimate of drug-likeness (QED) is 0.766. The molecule has 7 nitrogen and oxygen atoms in total. The van der Waals surface area contributed by atoms with Crippen molar-refractivity contribution in [3.63, 3.8) is 0 Å². The molecule has 1 aromatic heterocycles. The minimum Gasteiger partial charge on any atom is -0.480 e. The van der Waals surface area contributed by atoms with Crippen molar-refractivity contribution in [2.24, 2.45) is 0 Å². The number of unbranched alkanes of at least 4 members (excludes halogenated alkanes) is 2. The number of likely N-dealkylation sites (tertiary alicyclic amines) is 1. The van der Waals surface area contributed by atoms with Gasteiger partial charge in [-0.1, -0.05) is 18.6 Å². The smallest absolute Gasteiger partial charge is 0.326 e. The maximum absolute atomic E-state index is 12.4. The fraction of sp³-hybridized carbons (Fsp3) is 0.474. The molecular weight excluding hydrogens is 334 g/mol. The lowest BCUT2D eigenvalue weighted by Crippen LogP contribution is -2.40. The number of carboxylic acids is 1. The number of hydrogen-bond acceptors (Lipinski definition) is 4. The monoisotopic (exact) mass is 357 g/mol. The number of carbonyl (C=O) groups is 2. The van der Waals surface area contributed by atoms with E-state index in [1.165, 1.54) is 4.90 Å². The van der Waals surface area contributed by atoms with Crippen LogP contribution in [0, 0.1) is 0 Å². The van der Waals surface area contributed by atoms with Gasteiger partial charge >= 0.3 is 5.97 Å². The molecule has 1 atom stereocenters. The molecule has 1 unspecified atom stereocenters. The average molecular weight is 357 g/mol. The second-order valence-corrected chi connectivity index (χ2v) is 6.65. The van der Waals surface area contributed by atoms with Gasteiger partial charge in [0.15, 0.2) is 0 Å². The van der Waals surface area contributed by atoms with E-state index >= 15 is 0 Å². The van der Waals surface area contributed by atoms with Crippen LogP contribution in [0.2, 0.25) is 0 Å². The molecule has 1 aliphatic rings. The van der Waals surface area contributed by atoms with Crippen molar-refractivity contribution in [2.45, 2.75) is 51.1 Å². The molecule has 2 heterocycles. The second kappa shape index (κ2) is 8.12. The molecule has 0 radical (unpaired) electrons. The molecule has 138 valence electrons. The molecule has 1 saturated heterocycles. The third kappa shape index (κ3) is 3.92. The van der Waals surface area contributed by atoms with E-state index in [1.54, 1.807) is 17.0 Å². The fourth-order valence-corrected chi connectivity index (χ4v) is 3.47. The number of benzene rings is 1. The van der Waals surface area contributed by atoms with Crippen LogP contribution in [0.4, 0.5) is 0 Å². The van der Waals surface area contributed by atoms with Crippen LogP contribution in [-0.2, 0) is 16.1 Å². The van der Waals surface area contributed by atoms with E-state index < -0.39 is 12.0 Å². The number of nitrogens with zero attached hydrogens (tertiary/aromatic N) is 3. The van der Waals surface area contributed by atoms with Crippen molar-refractivity contribution in [1.82, 2.24) is 14.5 Å². The van der Waals surface area contributed by atoms with Gasteiger partial charge in [0.1, 0.15) is 6.04 Å². The van der Waals surface area contributed by atoms with Gasteiger partial charge in [0.2, 0.25) is 5.91 Å². The van der Waals surface area contributed by atoms with Crippen molar-refractivity contribution < 1.29 is 14.7 Å². The Labute approximate surface area is 151 Å². The Hall–Kier alpha value is -2.70. The Morgan fingerprint density at radius 2 is 2.00 bits per heavy atom. The number of aliphatic carboxylic acids is 1. The minimum absolute atomic E-state index is 0.0481. The van der Waals surface area contributed by atoms with Gasteiger partial charge in [-0.15, -0.1) is 0 Å². The number of aromatic nitrogens is 2. The van der Waals surface area contributed by atoms with Crippen LogP contribution in [0.3, 0.4) is 0 Å². The van der Waals surface area contributed by atoms with Crippen LogP contribution < -0.4 is 5.56 Å². The van der Waals surface area contributed by atoms with Gasteiger partial charge in [0.05, 0.1) is 17.2 Å². The molecule has 7 heteroatoms. The van der Waals surface area contributed by atoms with Gasteiger partial charge in [-0.25, -0.2) is 9.78 Å². The Morgan fingerprint density at radius 3 is 2.81 bits per heavy atom. The predicted octanol–water partition coefficient (Wildman–Crippen LogP) is 2.03. The summed E-state index contributed by atoms with van der Waals surface area (Å²) in [5, 5.41) is 9.75. The molecule has 1 amide bonds. The molecule has 1 aliphatic heterocycles. The van der Waals surface area contributed by atoms with Crippen LogP contribution >= 0.6 is 0 Å². The Kier molecular flexibility index (Phi) is 5.65. The van der Waals surface area contributed by atoms with E-state index in [1.807, 2.05) is 18.2 Å². The highest BCUT2D eigenvalue weighted by Crippen LogP contribution is 2.19. The van der Waals surface area contributed by atoms with Crippen LogP contribution in [0.25, 0.3) is 10.9 Å². The molecule has 26 heavy (non-hydrogen) atoms. The third-order valence-electron chi connectivity index (χ3n) is 4.88. The molecule has 0 bridgehead atoms. The molecule has 0 spiro atoms. The summed E-state index contributed by atoms with van der Waals surface area (Å²) < 4.78 is 1.60. The molecule has 1 fully saturated rings. The topological polar surface area (TPSA) is 92.5 Å². The first-order valence-corrected chi connectivity index (χ1v) is 9.04. The SMILES string of the molecule is O=C(O)C1CCCN1C(=O)CCCCCn1cnc2ccccc2c1=O. The highest BCUT2D eigenvalue weighted by atomic mass is 16.4. The zero-order chi connectivity index (χ0) is 18.5. The molecule has 3 rings (SSSR count). The number of hydrogen-bond donors (Lipinski definition) is 1. The Balaban J connectivity index is 1.46. The number of aryl methyl sites for hydroxylation is 1. The van der Waals surface area contributed by atoms with Crippen molar-refractivity contribution in [2.75, 3.05) is 6.54 Å². The van der Waals surface area contributed by atoms with E-state index in [9.17, 15) is 14.4 Å². The largest absolute Gasteiger partial charge is 0.480 e. The van der Waals surface area contributed by atoms with Crippen LogP contribution in [0.15, 0.2) is 35.4 Å². The van der Waals surface area contributed by atoms with Gasteiger partial charge in [-0.3, -0.25) is 14.2 Å². The predicted molar refractivity (Wildman–Crippen MR) is 96.8 cm³/mol. The van der Waals surface area contributed by atoms with E-state index in [2.05, 4.69) is 4.98 Å². The van der Waals surface area contributed by atoms with Gasteiger partial charge in [0, 0.05) is 19.5 Å². The van der Waals surface area contributed by atoms with E-state index in [-0.39, 0.29) is 11.5 Å². The summed E-state index contributed by atoms with van der Waals surface area (Å²) in [5.74, 6) is -1.00. The maximum atomic E-state index is 12.4. The number of amides is 1. The number of para-hydroxylation sites is 1. The molecular formula is C19H23N3O4. The number of rotatable bonds is 7. The number of carbonyl (C=O) groups excluding carboxylic acids is 1. The Morgan fingerprint density at radius 1 is 1.19 bits per heavy atom. The normalized spacial score (nSPS) is 16.9. The fourth-order valence-electron chi connectivity index (χ4n) is 3.47. The summed E-state index contributed by atoms with van der Waals surface area (Å²) in [6, 6.07) is 6.60.